The molecule has 0 spiro atoms. The second-order valence-corrected chi connectivity index (χ2v) is 6.69. The highest BCUT2D eigenvalue weighted by Crippen LogP contribution is 2.28. The third-order valence-corrected chi connectivity index (χ3v) is 5.04. The third-order valence-electron chi connectivity index (χ3n) is 4.69. The molecule has 1 aliphatic rings. The molecule has 21 heavy (non-hydrogen) atoms. The molecule has 0 N–H and O–H groups in total. The van der Waals surface area contributed by atoms with Gasteiger partial charge >= 0.3 is 0 Å². The van der Waals surface area contributed by atoms with Crippen LogP contribution in [-0.2, 0) is 17.6 Å². The normalized spacial score (nSPS) is 17.6. The number of aryl methyl sites for hydroxylation is 1. The van der Waals surface area contributed by atoms with E-state index < -0.39 is 0 Å². The number of fused-ring (bicyclic) bond motifs is 1. The maximum absolute atomic E-state index is 13.0. The van der Waals surface area contributed by atoms with E-state index in [-0.39, 0.29) is 5.92 Å². The molecule has 2 nitrogen and oxygen atoms in total. The molecule has 0 saturated carbocycles. The molecule has 0 heterocycles. The molecule has 1 amide bonds. The summed E-state index contributed by atoms with van der Waals surface area (Å²) in [7, 11) is 0. The van der Waals surface area contributed by atoms with Crippen LogP contribution in [0.15, 0.2) is 24.3 Å². The van der Waals surface area contributed by atoms with Crippen molar-refractivity contribution in [1.29, 1.82) is 0 Å². The van der Waals surface area contributed by atoms with Crippen LogP contribution in [0.25, 0.3) is 0 Å². The number of alkyl halides is 1. The lowest BCUT2D eigenvalue weighted by Gasteiger charge is -2.35. The minimum absolute atomic E-state index is 0.166. The maximum atomic E-state index is 13.0. The first-order chi connectivity index (χ1) is 10.2. The first-order valence-electron chi connectivity index (χ1n) is 8.14. The molecule has 1 aliphatic carbocycles. The average molecular weight is 352 g/mol. The highest BCUT2D eigenvalue weighted by Gasteiger charge is 2.30. The van der Waals surface area contributed by atoms with Gasteiger partial charge in [0.15, 0.2) is 0 Å². The van der Waals surface area contributed by atoms with Gasteiger partial charge < -0.3 is 4.90 Å². The number of halogens is 1. The minimum atomic E-state index is 0.166. The monoisotopic (exact) mass is 351 g/mol. The van der Waals surface area contributed by atoms with Gasteiger partial charge in [-0.2, -0.15) is 0 Å². The molecule has 0 aliphatic heterocycles. The largest absolute Gasteiger partial charge is 0.339 e. The Kier molecular flexibility index (Phi) is 6.28. The first kappa shape index (κ1) is 16.5. The summed E-state index contributed by atoms with van der Waals surface area (Å²) >= 11 is 3.50. The van der Waals surface area contributed by atoms with Crippen LogP contribution in [0.3, 0.4) is 0 Å². The number of benzene rings is 1. The van der Waals surface area contributed by atoms with Crippen LogP contribution >= 0.6 is 15.9 Å². The van der Waals surface area contributed by atoms with Gasteiger partial charge in [-0.15, -0.1) is 0 Å². The number of carbonyl (C=O) groups is 1. The van der Waals surface area contributed by atoms with Gasteiger partial charge in [-0.3, -0.25) is 4.79 Å². The molecule has 1 unspecified atom stereocenters. The van der Waals surface area contributed by atoms with Gasteiger partial charge in [-0.25, -0.2) is 0 Å². The number of carbonyl (C=O) groups excluding carboxylic acids is 1. The van der Waals surface area contributed by atoms with E-state index >= 15 is 0 Å². The Morgan fingerprint density at radius 1 is 1.29 bits per heavy atom. The quantitative estimate of drug-likeness (QED) is 0.703. The van der Waals surface area contributed by atoms with E-state index in [0.29, 0.717) is 11.9 Å². The van der Waals surface area contributed by atoms with Gasteiger partial charge in [0.1, 0.15) is 0 Å². The minimum Gasteiger partial charge on any atom is -0.339 e. The van der Waals surface area contributed by atoms with Crippen LogP contribution in [0.2, 0.25) is 0 Å². The van der Waals surface area contributed by atoms with E-state index in [4.69, 9.17) is 0 Å². The summed E-state index contributed by atoms with van der Waals surface area (Å²) in [5.74, 6) is 0.525. The van der Waals surface area contributed by atoms with Crippen molar-refractivity contribution in [2.75, 3.05) is 11.9 Å². The van der Waals surface area contributed by atoms with Gasteiger partial charge in [0.2, 0.25) is 5.91 Å². The van der Waals surface area contributed by atoms with E-state index in [2.05, 4.69) is 58.9 Å². The SMILES string of the molecule is CCC(CC)N(CCBr)C(=O)C1CCc2ccccc2C1. The molecule has 0 radical (unpaired) electrons. The van der Waals surface area contributed by atoms with Crippen molar-refractivity contribution >= 4 is 21.8 Å². The highest BCUT2D eigenvalue weighted by molar-refractivity contribution is 9.09. The molecule has 0 bridgehead atoms. The Balaban J connectivity index is 2.11. The molecule has 116 valence electrons. The summed E-state index contributed by atoms with van der Waals surface area (Å²) < 4.78 is 0. The fourth-order valence-electron chi connectivity index (χ4n) is 3.44. The average Bonchev–Trinajstić information content (AvgIpc) is 2.54. The van der Waals surface area contributed by atoms with E-state index in [1.54, 1.807) is 0 Å². The fraction of sp³-hybridized carbons (Fsp3) is 0.611. The number of rotatable bonds is 6. The van der Waals surface area contributed by atoms with Crippen molar-refractivity contribution < 1.29 is 4.79 Å². The van der Waals surface area contributed by atoms with Crippen LogP contribution in [0.1, 0.15) is 44.2 Å². The fourth-order valence-corrected chi connectivity index (χ4v) is 3.82. The summed E-state index contributed by atoms with van der Waals surface area (Å²) in [4.78, 5) is 15.1. The van der Waals surface area contributed by atoms with Gasteiger partial charge in [0.25, 0.3) is 0 Å². The Bertz CT molecular complexity index is 470. The first-order valence-corrected chi connectivity index (χ1v) is 9.26. The molecular weight excluding hydrogens is 326 g/mol. The van der Waals surface area contributed by atoms with Gasteiger partial charge in [0.05, 0.1) is 0 Å². The van der Waals surface area contributed by atoms with Gasteiger partial charge in [-0.05, 0) is 43.2 Å². The highest BCUT2D eigenvalue weighted by atomic mass is 79.9. The second-order valence-electron chi connectivity index (χ2n) is 5.90. The summed E-state index contributed by atoms with van der Waals surface area (Å²) in [6.45, 7) is 5.18. The molecule has 1 aromatic carbocycles. The summed E-state index contributed by atoms with van der Waals surface area (Å²) in [6.07, 6.45) is 5.03. The van der Waals surface area contributed by atoms with Gasteiger partial charge in [0, 0.05) is 23.8 Å². The van der Waals surface area contributed by atoms with Crippen molar-refractivity contribution in [3.8, 4) is 0 Å². The smallest absolute Gasteiger partial charge is 0.226 e. The Hall–Kier alpha value is -0.830. The van der Waals surface area contributed by atoms with Gasteiger partial charge in [-0.1, -0.05) is 54.0 Å². The molecule has 0 aromatic heterocycles. The Labute approximate surface area is 137 Å². The molecule has 3 heteroatoms. The van der Waals surface area contributed by atoms with E-state index in [9.17, 15) is 4.79 Å². The maximum Gasteiger partial charge on any atom is 0.226 e. The predicted molar refractivity (Wildman–Crippen MR) is 91.8 cm³/mol. The number of amides is 1. The topological polar surface area (TPSA) is 20.3 Å². The van der Waals surface area contributed by atoms with Crippen LogP contribution in [0.5, 0.6) is 0 Å². The van der Waals surface area contributed by atoms with Crippen molar-refractivity contribution in [2.24, 2.45) is 5.92 Å². The molecule has 1 aromatic rings. The number of hydrogen-bond acceptors (Lipinski definition) is 1. The Morgan fingerprint density at radius 3 is 2.57 bits per heavy atom. The van der Waals surface area contributed by atoms with Crippen molar-refractivity contribution in [2.45, 2.75) is 52.0 Å². The molecule has 2 rings (SSSR count). The predicted octanol–water partition coefficient (Wildman–Crippen LogP) is 4.20. The molecule has 1 atom stereocenters. The van der Waals surface area contributed by atoms with Crippen molar-refractivity contribution in [3.63, 3.8) is 0 Å². The standard InChI is InChI=1S/C18H26BrNO/c1-3-17(4-2)20(12-11-19)18(21)16-10-9-14-7-5-6-8-15(14)13-16/h5-8,16-17H,3-4,9-13H2,1-2H3. The van der Waals surface area contributed by atoms with E-state index in [1.165, 1.54) is 11.1 Å². The molecule has 0 fully saturated rings. The van der Waals surface area contributed by atoms with E-state index in [1.807, 2.05) is 0 Å². The van der Waals surface area contributed by atoms with Crippen molar-refractivity contribution in [3.05, 3.63) is 35.4 Å². The summed E-state index contributed by atoms with van der Waals surface area (Å²) in [6, 6.07) is 8.95. The van der Waals surface area contributed by atoms with Crippen LogP contribution in [-0.4, -0.2) is 28.7 Å². The Morgan fingerprint density at radius 2 is 1.95 bits per heavy atom. The van der Waals surface area contributed by atoms with Crippen LogP contribution < -0.4 is 0 Å². The van der Waals surface area contributed by atoms with E-state index in [0.717, 1.165) is 44.0 Å². The van der Waals surface area contributed by atoms with Crippen LogP contribution in [0, 0.1) is 5.92 Å². The number of nitrogens with zero attached hydrogens (tertiary/aromatic N) is 1. The van der Waals surface area contributed by atoms with Crippen LogP contribution in [0.4, 0.5) is 0 Å². The lowest BCUT2D eigenvalue weighted by Crippen LogP contribution is -2.45. The zero-order chi connectivity index (χ0) is 15.2. The zero-order valence-electron chi connectivity index (χ0n) is 13.1. The number of hydrogen-bond donors (Lipinski definition) is 0. The van der Waals surface area contributed by atoms with Crippen molar-refractivity contribution in [1.82, 2.24) is 4.90 Å². The summed E-state index contributed by atoms with van der Waals surface area (Å²) in [5.41, 5.74) is 2.79. The lowest BCUT2D eigenvalue weighted by molar-refractivity contribution is -0.138. The summed E-state index contributed by atoms with van der Waals surface area (Å²) in [5, 5.41) is 0.860. The second kappa shape index (κ2) is 7.98. The lowest BCUT2D eigenvalue weighted by atomic mass is 9.83. The third kappa shape index (κ3) is 3.88. The molecule has 0 saturated heterocycles. The molecular formula is C18H26BrNO. The zero-order valence-corrected chi connectivity index (χ0v) is 14.7.